The molecule has 0 heterocycles. The van der Waals surface area contributed by atoms with Crippen molar-refractivity contribution >= 4 is 12.0 Å². The predicted octanol–water partition coefficient (Wildman–Crippen LogP) is 0.893. The molecule has 0 aliphatic heterocycles. The van der Waals surface area contributed by atoms with Gasteiger partial charge >= 0.3 is 6.09 Å². The Morgan fingerprint density at radius 1 is 1.27 bits per heavy atom. The lowest BCUT2D eigenvalue weighted by atomic mass is 10.1. The van der Waals surface area contributed by atoms with E-state index in [9.17, 15) is 9.59 Å². The van der Waals surface area contributed by atoms with Crippen molar-refractivity contribution in [3.63, 3.8) is 0 Å². The summed E-state index contributed by atoms with van der Waals surface area (Å²) in [6.45, 7) is 6.33. The quantitative estimate of drug-likeness (QED) is 0.717. The van der Waals surface area contributed by atoms with Crippen molar-refractivity contribution in [1.82, 2.24) is 10.6 Å². The monoisotopic (exact) mass is 216 g/mol. The van der Waals surface area contributed by atoms with E-state index in [1.807, 2.05) is 20.8 Å². The van der Waals surface area contributed by atoms with Crippen LogP contribution in [0.25, 0.3) is 0 Å². The summed E-state index contributed by atoms with van der Waals surface area (Å²) in [5.41, 5.74) is 0. The van der Waals surface area contributed by atoms with E-state index in [1.54, 1.807) is 0 Å². The zero-order chi connectivity index (χ0) is 11.8. The molecule has 0 saturated carbocycles. The summed E-state index contributed by atoms with van der Waals surface area (Å²) in [5, 5.41) is 5.28. The normalized spacial score (nSPS) is 12.1. The van der Waals surface area contributed by atoms with Crippen LogP contribution in [0.15, 0.2) is 0 Å². The highest BCUT2D eigenvalue weighted by Gasteiger charge is 2.10. The summed E-state index contributed by atoms with van der Waals surface area (Å²) in [6, 6.07) is 0.149. The van der Waals surface area contributed by atoms with E-state index in [-0.39, 0.29) is 18.4 Å². The lowest BCUT2D eigenvalue weighted by molar-refractivity contribution is -0.121. The molecule has 0 fully saturated rings. The summed E-state index contributed by atoms with van der Waals surface area (Å²) in [5.74, 6) is 0.343. The van der Waals surface area contributed by atoms with Crippen LogP contribution in [-0.2, 0) is 9.53 Å². The van der Waals surface area contributed by atoms with Gasteiger partial charge in [0.2, 0.25) is 5.91 Å². The van der Waals surface area contributed by atoms with E-state index in [0.29, 0.717) is 12.5 Å². The zero-order valence-electron chi connectivity index (χ0n) is 9.79. The Balaban J connectivity index is 3.62. The molecule has 5 nitrogen and oxygen atoms in total. The first-order valence-corrected chi connectivity index (χ1v) is 5.08. The highest BCUT2D eigenvalue weighted by molar-refractivity contribution is 5.77. The number of hydrogen-bond acceptors (Lipinski definition) is 3. The number of rotatable bonds is 5. The highest BCUT2D eigenvalue weighted by Crippen LogP contribution is 1.99. The van der Waals surface area contributed by atoms with Crippen molar-refractivity contribution in [1.29, 1.82) is 0 Å². The van der Waals surface area contributed by atoms with Crippen LogP contribution in [0.4, 0.5) is 4.79 Å². The first-order valence-electron chi connectivity index (χ1n) is 5.08. The number of carbonyl (C=O) groups excluding carboxylic acids is 2. The maximum Gasteiger partial charge on any atom is 0.406 e. The van der Waals surface area contributed by atoms with Crippen molar-refractivity contribution < 1.29 is 14.3 Å². The van der Waals surface area contributed by atoms with Crippen LogP contribution in [-0.4, -0.2) is 31.7 Å². The molecule has 1 atom stereocenters. The third-order valence-corrected chi connectivity index (χ3v) is 2.20. The smallest absolute Gasteiger partial charge is 0.406 e. The molecule has 0 aliphatic carbocycles. The van der Waals surface area contributed by atoms with Gasteiger partial charge in [0, 0.05) is 19.0 Å². The molecule has 0 spiro atoms. The SMILES string of the molecule is COC(=O)NCCC(=O)N[C@H](C)C(C)C. The fraction of sp³-hybridized carbons (Fsp3) is 0.800. The first kappa shape index (κ1) is 13.7. The lowest BCUT2D eigenvalue weighted by Crippen LogP contribution is -2.38. The Kier molecular flexibility index (Phi) is 6.49. The minimum atomic E-state index is -0.514. The van der Waals surface area contributed by atoms with Gasteiger partial charge in [-0.15, -0.1) is 0 Å². The van der Waals surface area contributed by atoms with E-state index in [1.165, 1.54) is 7.11 Å². The molecule has 5 heteroatoms. The summed E-state index contributed by atoms with van der Waals surface area (Å²) < 4.78 is 4.37. The third-order valence-electron chi connectivity index (χ3n) is 2.20. The van der Waals surface area contributed by atoms with Crippen LogP contribution in [0.2, 0.25) is 0 Å². The van der Waals surface area contributed by atoms with Crippen LogP contribution in [0.3, 0.4) is 0 Å². The van der Waals surface area contributed by atoms with Crippen molar-refractivity contribution in [3.8, 4) is 0 Å². The van der Waals surface area contributed by atoms with E-state index >= 15 is 0 Å². The van der Waals surface area contributed by atoms with Gasteiger partial charge in [0.1, 0.15) is 0 Å². The molecule has 0 aromatic rings. The van der Waals surface area contributed by atoms with Crippen LogP contribution in [0, 0.1) is 5.92 Å². The van der Waals surface area contributed by atoms with Gasteiger partial charge in [0.25, 0.3) is 0 Å². The molecular formula is C10H20N2O3. The fourth-order valence-electron chi connectivity index (χ4n) is 0.843. The minimum Gasteiger partial charge on any atom is -0.453 e. The minimum absolute atomic E-state index is 0.0624. The molecule has 0 aliphatic rings. The second kappa shape index (κ2) is 7.09. The molecule has 88 valence electrons. The van der Waals surface area contributed by atoms with Crippen LogP contribution in [0.1, 0.15) is 27.2 Å². The molecule has 0 aromatic heterocycles. The molecule has 0 radical (unpaired) electrons. The Bertz CT molecular complexity index is 217. The lowest BCUT2D eigenvalue weighted by Gasteiger charge is -2.17. The number of alkyl carbamates (subject to hydrolysis) is 1. The summed E-state index contributed by atoms with van der Waals surface area (Å²) in [4.78, 5) is 22.0. The number of hydrogen-bond donors (Lipinski definition) is 2. The maximum atomic E-state index is 11.3. The molecular weight excluding hydrogens is 196 g/mol. The first-order chi connectivity index (χ1) is 6.97. The zero-order valence-corrected chi connectivity index (χ0v) is 9.79. The predicted molar refractivity (Wildman–Crippen MR) is 57.5 cm³/mol. The van der Waals surface area contributed by atoms with E-state index in [2.05, 4.69) is 15.4 Å². The average molecular weight is 216 g/mol. The topological polar surface area (TPSA) is 67.4 Å². The van der Waals surface area contributed by atoms with Crippen molar-refractivity contribution in [2.75, 3.05) is 13.7 Å². The van der Waals surface area contributed by atoms with E-state index < -0.39 is 6.09 Å². The summed E-state index contributed by atoms with van der Waals surface area (Å²) >= 11 is 0. The number of amides is 2. The largest absolute Gasteiger partial charge is 0.453 e. The van der Waals surface area contributed by atoms with E-state index in [0.717, 1.165) is 0 Å². The van der Waals surface area contributed by atoms with Gasteiger partial charge in [-0.25, -0.2) is 4.79 Å². The molecule has 0 rings (SSSR count). The van der Waals surface area contributed by atoms with Crippen LogP contribution >= 0.6 is 0 Å². The molecule has 0 aromatic carbocycles. The van der Waals surface area contributed by atoms with Crippen molar-refractivity contribution in [2.24, 2.45) is 5.92 Å². The van der Waals surface area contributed by atoms with Gasteiger partial charge in [-0.05, 0) is 12.8 Å². The Hall–Kier alpha value is -1.26. The highest BCUT2D eigenvalue weighted by atomic mass is 16.5. The molecule has 15 heavy (non-hydrogen) atoms. The molecule has 2 N–H and O–H groups in total. The summed E-state index contributed by atoms with van der Waals surface area (Å²) in [7, 11) is 1.29. The fourth-order valence-corrected chi connectivity index (χ4v) is 0.843. The maximum absolute atomic E-state index is 11.3. The molecule has 0 saturated heterocycles. The van der Waals surface area contributed by atoms with Gasteiger partial charge in [-0.3, -0.25) is 4.79 Å². The molecule has 0 unspecified atom stereocenters. The van der Waals surface area contributed by atoms with Crippen LogP contribution < -0.4 is 10.6 Å². The Morgan fingerprint density at radius 2 is 1.87 bits per heavy atom. The van der Waals surface area contributed by atoms with Crippen molar-refractivity contribution in [3.05, 3.63) is 0 Å². The molecule has 2 amide bonds. The number of carbonyl (C=O) groups is 2. The third kappa shape index (κ3) is 6.76. The number of methoxy groups -OCH3 is 1. The number of nitrogens with one attached hydrogen (secondary N) is 2. The standard InChI is InChI=1S/C10H20N2O3/c1-7(2)8(3)12-9(13)5-6-11-10(14)15-4/h7-8H,5-6H2,1-4H3,(H,11,14)(H,12,13)/t8-/m1/s1. The number of ether oxygens (including phenoxy) is 1. The second-order valence-corrected chi connectivity index (χ2v) is 3.77. The Labute approximate surface area is 90.6 Å². The van der Waals surface area contributed by atoms with Gasteiger partial charge in [-0.2, -0.15) is 0 Å². The Morgan fingerprint density at radius 3 is 2.33 bits per heavy atom. The molecule has 0 bridgehead atoms. The van der Waals surface area contributed by atoms with Gasteiger partial charge < -0.3 is 15.4 Å². The van der Waals surface area contributed by atoms with Gasteiger partial charge in [0.05, 0.1) is 7.11 Å². The van der Waals surface area contributed by atoms with Crippen LogP contribution in [0.5, 0.6) is 0 Å². The van der Waals surface area contributed by atoms with Gasteiger partial charge in [-0.1, -0.05) is 13.8 Å². The summed E-state index contributed by atoms with van der Waals surface area (Å²) in [6.07, 6.45) is -0.244. The van der Waals surface area contributed by atoms with Crippen molar-refractivity contribution in [2.45, 2.75) is 33.2 Å². The average Bonchev–Trinajstić information content (AvgIpc) is 2.17. The second-order valence-electron chi connectivity index (χ2n) is 3.77. The van der Waals surface area contributed by atoms with E-state index in [4.69, 9.17) is 0 Å². The van der Waals surface area contributed by atoms with Gasteiger partial charge in [0.15, 0.2) is 0 Å².